The molecule has 0 radical (unpaired) electrons. The van der Waals surface area contributed by atoms with Gasteiger partial charge < -0.3 is 10.1 Å². The van der Waals surface area contributed by atoms with E-state index in [1.807, 2.05) is 12.3 Å². The molecule has 3 nitrogen and oxygen atoms in total. The maximum absolute atomic E-state index is 12.1. The van der Waals surface area contributed by atoms with E-state index < -0.39 is 13.0 Å². The molecule has 0 spiro atoms. The molecule has 2 atom stereocenters. The fourth-order valence-corrected chi connectivity index (χ4v) is 2.99. The Kier molecular flexibility index (Phi) is 6.51. The predicted molar refractivity (Wildman–Crippen MR) is 78.8 cm³/mol. The van der Waals surface area contributed by atoms with Gasteiger partial charge in [0.1, 0.15) is 6.61 Å². The van der Waals surface area contributed by atoms with Crippen molar-refractivity contribution in [2.24, 2.45) is 0 Å². The number of fused-ring (bicyclic) bond motifs is 1. The Morgan fingerprint density at radius 3 is 3.10 bits per heavy atom. The topological polar surface area (TPSA) is 34.1 Å². The zero-order chi connectivity index (χ0) is 15.1. The summed E-state index contributed by atoms with van der Waals surface area (Å²) in [5.74, 6) is 0.364. The highest BCUT2D eigenvalue weighted by Crippen LogP contribution is 2.34. The highest BCUT2D eigenvalue weighted by molar-refractivity contribution is 5.29. The van der Waals surface area contributed by atoms with E-state index in [1.54, 1.807) is 0 Å². The molecule has 0 saturated carbocycles. The number of hydrogen-bond acceptors (Lipinski definition) is 3. The second kappa shape index (κ2) is 8.39. The lowest BCUT2D eigenvalue weighted by molar-refractivity contribution is 0.0137. The predicted octanol–water partition coefficient (Wildman–Crippen LogP) is 3.15. The summed E-state index contributed by atoms with van der Waals surface area (Å²) in [7, 11) is 0. The number of nitrogens with zero attached hydrogens (tertiary/aromatic N) is 1. The molecule has 1 aromatic heterocycles. The van der Waals surface area contributed by atoms with Crippen molar-refractivity contribution in [2.75, 3.05) is 19.8 Å². The second-order valence-electron chi connectivity index (χ2n) is 5.51. The van der Waals surface area contributed by atoms with E-state index in [0.29, 0.717) is 12.5 Å². The molecule has 0 aromatic carbocycles. The van der Waals surface area contributed by atoms with Crippen molar-refractivity contribution in [3.63, 3.8) is 0 Å². The third kappa shape index (κ3) is 4.71. The number of ether oxygens (including phenoxy) is 1. The molecule has 0 saturated heterocycles. The van der Waals surface area contributed by atoms with E-state index in [-0.39, 0.29) is 6.04 Å². The summed E-state index contributed by atoms with van der Waals surface area (Å²) in [5, 5.41) is 3.53. The highest BCUT2D eigenvalue weighted by Gasteiger charge is 2.30. The normalized spacial score (nSPS) is 19.0. The van der Waals surface area contributed by atoms with Crippen LogP contribution >= 0.6 is 0 Å². The standard InChI is InChI=1S/C16H24F2N2O/c1-2-8-19-14(7-10-21-11-15(17)18)13-6-5-12-4-3-9-20-16(12)13/h3-4,9,13-15,19H,2,5-8,10-11H2,1H3. The van der Waals surface area contributed by atoms with Crippen LogP contribution in [0.1, 0.15) is 43.4 Å². The summed E-state index contributed by atoms with van der Waals surface area (Å²) >= 11 is 0. The molecule has 5 heteroatoms. The molecule has 2 rings (SSSR count). The molecule has 21 heavy (non-hydrogen) atoms. The maximum Gasteiger partial charge on any atom is 0.261 e. The van der Waals surface area contributed by atoms with Gasteiger partial charge in [-0.25, -0.2) is 8.78 Å². The van der Waals surface area contributed by atoms with Crippen molar-refractivity contribution in [2.45, 2.75) is 51.0 Å². The molecule has 0 amide bonds. The van der Waals surface area contributed by atoms with Gasteiger partial charge in [0, 0.05) is 30.5 Å². The number of nitrogens with one attached hydrogen (secondary N) is 1. The van der Waals surface area contributed by atoms with Gasteiger partial charge in [-0.1, -0.05) is 13.0 Å². The van der Waals surface area contributed by atoms with E-state index in [9.17, 15) is 8.78 Å². The third-order valence-electron chi connectivity index (χ3n) is 3.96. The van der Waals surface area contributed by atoms with Crippen molar-refractivity contribution in [1.82, 2.24) is 10.3 Å². The van der Waals surface area contributed by atoms with E-state index in [0.717, 1.165) is 32.2 Å². The summed E-state index contributed by atoms with van der Waals surface area (Å²) < 4.78 is 29.3. The number of rotatable bonds is 9. The van der Waals surface area contributed by atoms with Crippen molar-refractivity contribution in [3.8, 4) is 0 Å². The molecule has 118 valence electrons. The number of pyridine rings is 1. The zero-order valence-electron chi connectivity index (χ0n) is 12.5. The van der Waals surface area contributed by atoms with Crippen LogP contribution in [0.25, 0.3) is 0 Å². The minimum absolute atomic E-state index is 0.249. The zero-order valence-corrected chi connectivity index (χ0v) is 12.5. The number of alkyl halides is 2. The van der Waals surface area contributed by atoms with Gasteiger partial charge in [-0.05, 0) is 43.9 Å². The van der Waals surface area contributed by atoms with Gasteiger partial charge in [0.15, 0.2) is 0 Å². The summed E-state index contributed by atoms with van der Waals surface area (Å²) in [6.07, 6.45) is 3.37. The first kappa shape index (κ1) is 16.3. The van der Waals surface area contributed by atoms with Crippen LogP contribution in [-0.4, -0.2) is 37.2 Å². The number of halogens is 2. The largest absolute Gasteiger partial charge is 0.375 e. The Labute approximate surface area is 125 Å². The van der Waals surface area contributed by atoms with E-state index in [1.165, 1.54) is 11.3 Å². The third-order valence-corrected chi connectivity index (χ3v) is 3.96. The first-order valence-electron chi connectivity index (χ1n) is 7.75. The van der Waals surface area contributed by atoms with Gasteiger partial charge in [-0.2, -0.15) is 0 Å². The van der Waals surface area contributed by atoms with Crippen LogP contribution in [0.2, 0.25) is 0 Å². The molecule has 1 aromatic rings. The van der Waals surface area contributed by atoms with Gasteiger partial charge in [0.2, 0.25) is 0 Å². The average molecular weight is 298 g/mol. The fraction of sp³-hybridized carbons (Fsp3) is 0.688. The molecule has 1 heterocycles. The van der Waals surface area contributed by atoms with Crippen LogP contribution in [0.15, 0.2) is 18.3 Å². The van der Waals surface area contributed by atoms with Crippen LogP contribution in [0.5, 0.6) is 0 Å². The van der Waals surface area contributed by atoms with Gasteiger partial charge >= 0.3 is 0 Å². The quantitative estimate of drug-likeness (QED) is 0.711. The second-order valence-corrected chi connectivity index (χ2v) is 5.51. The van der Waals surface area contributed by atoms with Gasteiger partial charge in [0.05, 0.1) is 0 Å². The monoisotopic (exact) mass is 298 g/mol. The average Bonchev–Trinajstić information content (AvgIpc) is 2.90. The minimum Gasteiger partial charge on any atom is -0.375 e. The van der Waals surface area contributed by atoms with Crippen LogP contribution in [0.4, 0.5) is 8.78 Å². The summed E-state index contributed by atoms with van der Waals surface area (Å²) in [6.45, 7) is 2.95. The van der Waals surface area contributed by atoms with Crippen LogP contribution in [0, 0.1) is 0 Å². The lowest BCUT2D eigenvalue weighted by Gasteiger charge is -2.25. The molecule has 2 unspecified atom stereocenters. The van der Waals surface area contributed by atoms with Crippen molar-refractivity contribution in [1.29, 1.82) is 0 Å². The SMILES string of the molecule is CCCNC(CCOCC(F)F)C1CCc2cccnc21. The lowest BCUT2D eigenvalue weighted by atomic mass is 9.94. The Bertz CT molecular complexity index is 428. The van der Waals surface area contributed by atoms with Crippen molar-refractivity contribution >= 4 is 0 Å². The molecular weight excluding hydrogens is 274 g/mol. The summed E-state index contributed by atoms with van der Waals surface area (Å²) in [6, 6.07) is 4.35. The highest BCUT2D eigenvalue weighted by atomic mass is 19.3. The molecule has 1 aliphatic rings. The number of aryl methyl sites for hydroxylation is 1. The van der Waals surface area contributed by atoms with Gasteiger partial charge in [0.25, 0.3) is 6.43 Å². The lowest BCUT2D eigenvalue weighted by Crippen LogP contribution is -2.36. The summed E-state index contributed by atoms with van der Waals surface area (Å²) in [5.41, 5.74) is 2.49. The smallest absolute Gasteiger partial charge is 0.261 e. The molecule has 1 aliphatic carbocycles. The Hall–Kier alpha value is -1.07. The summed E-state index contributed by atoms with van der Waals surface area (Å²) in [4.78, 5) is 4.53. The number of aromatic nitrogens is 1. The first-order chi connectivity index (χ1) is 10.2. The number of hydrogen-bond donors (Lipinski definition) is 1. The van der Waals surface area contributed by atoms with Crippen LogP contribution in [-0.2, 0) is 11.2 Å². The van der Waals surface area contributed by atoms with E-state index in [2.05, 4.69) is 23.3 Å². The Balaban J connectivity index is 1.93. The Morgan fingerprint density at radius 1 is 1.48 bits per heavy atom. The molecule has 0 fully saturated rings. The van der Waals surface area contributed by atoms with Crippen LogP contribution in [0.3, 0.4) is 0 Å². The van der Waals surface area contributed by atoms with E-state index >= 15 is 0 Å². The van der Waals surface area contributed by atoms with Crippen LogP contribution < -0.4 is 5.32 Å². The maximum atomic E-state index is 12.1. The molecular formula is C16H24F2N2O. The van der Waals surface area contributed by atoms with Gasteiger partial charge in [-0.3, -0.25) is 4.98 Å². The molecule has 0 aliphatic heterocycles. The molecule has 0 bridgehead atoms. The first-order valence-corrected chi connectivity index (χ1v) is 7.75. The fourth-order valence-electron chi connectivity index (χ4n) is 2.99. The molecule has 1 N–H and O–H groups in total. The Morgan fingerprint density at radius 2 is 2.33 bits per heavy atom. The van der Waals surface area contributed by atoms with Gasteiger partial charge in [-0.15, -0.1) is 0 Å². The minimum atomic E-state index is -2.39. The van der Waals surface area contributed by atoms with Crippen molar-refractivity contribution in [3.05, 3.63) is 29.6 Å². The van der Waals surface area contributed by atoms with Crippen molar-refractivity contribution < 1.29 is 13.5 Å². The van der Waals surface area contributed by atoms with E-state index in [4.69, 9.17) is 4.74 Å².